The zero-order valence-electron chi connectivity index (χ0n) is 50.7. The maximum atomic E-state index is 12.9. The van der Waals surface area contributed by atoms with Crippen LogP contribution in [0.2, 0.25) is 0 Å². The summed E-state index contributed by atoms with van der Waals surface area (Å²) in [6.45, 7) is 6.49. The SMILES string of the molecule is CC/C=C\C/C=C\C/C=C\C/C=C\C/C=C\C/C=C\CCCCC(=O)OC(COC(=O)CCCCCCC/C=C\C/C=C\CCCCC)COC(=O)CCCCCCCCCCCCCCCCCCCCCCCCC. The normalized spacial score (nSPS) is 12.7. The highest BCUT2D eigenvalue weighted by molar-refractivity contribution is 5.71. The molecule has 0 rings (SSSR count). The van der Waals surface area contributed by atoms with Crippen molar-refractivity contribution in [3.63, 3.8) is 0 Å². The lowest BCUT2D eigenvalue weighted by Gasteiger charge is -2.18. The minimum atomic E-state index is -0.808. The third-order valence-corrected chi connectivity index (χ3v) is 14.1. The van der Waals surface area contributed by atoms with Crippen LogP contribution in [0.4, 0.5) is 0 Å². The molecule has 0 N–H and O–H groups in total. The van der Waals surface area contributed by atoms with Crippen LogP contribution in [0.1, 0.15) is 316 Å². The van der Waals surface area contributed by atoms with E-state index in [0.29, 0.717) is 19.3 Å². The van der Waals surface area contributed by atoms with Gasteiger partial charge in [0.05, 0.1) is 0 Å². The number of unbranched alkanes of at least 4 members (excludes halogenated alkanes) is 32. The molecular formula is C71H122O6. The van der Waals surface area contributed by atoms with E-state index in [4.69, 9.17) is 14.2 Å². The van der Waals surface area contributed by atoms with Gasteiger partial charge < -0.3 is 14.2 Å². The van der Waals surface area contributed by atoms with Crippen molar-refractivity contribution in [2.75, 3.05) is 13.2 Å². The van der Waals surface area contributed by atoms with Gasteiger partial charge in [0.25, 0.3) is 0 Å². The molecule has 0 amide bonds. The highest BCUT2D eigenvalue weighted by Crippen LogP contribution is 2.17. The molecule has 1 atom stereocenters. The molecule has 6 heteroatoms. The van der Waals surface area contributed by atoms with Crippen LogP contribution in [0.25, 0.3) is 0 Å². The smallest absolute Gasteiger partial charge is 0.306 e. The summed E-state index contributed by atoms with van der Waals surface area (Å²) in [5.41, 5.74) is 0. The van der Waals surface area contributed by atoms with E-state index in [1.54, 1.807) is 0 Å². The lowest BCUT2D eigenvalue weighted by molar-refractivity contribution is -0.167. The minimum Gasteiger partial charge on any atom is -0.462 e. The number of hydrogen-bond donors (Lipinski definition) is 0. The summed E-state index contributed by atoms with van der Waals surface area (Å²) in [5, 5.41) is 0. The Morgan fingerprint density at radius 2 is 0.506 bits per heavy atom. The quantitative estimate of drug-likeness (QED) is 0.0261. The second-order valence-corrected chi connectivity index (χ2v) is 21.6. The fourth-order valence-corrected chi connectivity index (χ4v) is 9.18. The average Bonchev–Trinajstić information content (AvgIpc) is 3.43. The molecule has 0 radical (unpaired) electrons. The number of esters is 3. The molecule has 77 heavy (non-hydrogen) atoms. The molecule has 0 aliphatic rings. The van der Waals surface area contributed by atoms with Crippen LogP contribution in [0.15, 0.2) is 97.2 Å². The third-order valence-electron chi connectivity index (χ3n) is 14.1. The van der Waals surface area contributed by atoms with Gasteiger partial charge in [0.2, 0.25) is 0 Å². The molecule has 0 aromatic heterocycles. The van der Waals surface area contributed by atoms with E-state index >= 15 is 0 Å². The fraction of sp³-hybridized carbons (Fsp3) is 0.732. The highest BCUT2D eigenvalue weighted by atomic mass is 16.6. The van der Waals surface area contributed by atoms with Gasteiger partial charge in [-0.1, -0.05) is 291 Å². The Morgan fingerprint density at radius 1 is 0.273 bits per heavy atom. The summed E-state index contributed by atoms with van der Waals surface area (Å²) in [6, 6.07) is 0. The van der Waals surface area contributed by atoms with E-state index in [9.17, 15) is 14.4 Å². The van der Waals surface area contributed by atoms with Gasteiger partial charge >= 0.3 is 17.9 Å². The first-order chi connectivity index (χ1) is 38.0. The summed E-state index contributed by atoms with van der Waals surface area (Å²) in [6.07, 6.45) is 87.1. The Balaban J connectivity index is 4.41. The van der Waals surface area contributed by atoms with E-state index in [2.05, 4.69) is 118 Å². The lowest BCUT2D eigenvalue weighted by atomic mass is 10.0. The van der Waals surface area contributed by atoms with E-state index in [-0.39, 0.29) is 37.5 Å². The third kappa shape index (κ3) is 63.0. The summed E-state index contributed by atoms with van der Waals surface area (Å²) in [4.78, 5) is 38.3. The first-order valence-electron chi connectivity index (χ1n) is 32.7. The highest BCUT2D eigenvalue weighted by Gasteiger charge is 2.19. The molecule has 1 unspecified atom stereocenters. The topological polar surface area (TPSA) is 78.9 Å². The Bertz CT molecular complexity index is 1510. The van der Waals surface area contributed by atoms with Crippen LogP contribution in [-0.2, 0) is 28.6 Å². The Morgan fingerprint density at radius 3 is 0.844 bits per heavy atom. The molecule has 442 valence electrons. The molecule has 0 aromatic carbocycles. The maximum absolute atomic E-state index is 12.9. The second-order valence-electron chi connectivity index (χ2n) is 21.6. The van der Waals surface area contributed by atoms with Crippen LogP contribution in [-0.4, -0.2) is 37.2 Å². The number of allylic oxidation sites excluding steroid dienone is 16. The average molecular weight is 1070 g/mol. The molecule has 0 saturated carbocycles. The van der Waals surface area contributed by atoms with Crippen molar-refractivity contribution in [2.45, 2.75) is 322 Å². The molecule has 0 fully saturated rings. The molecule has 0 saturated heterocycles. The van der Waals surface area contributed by atoms with Crippen LogP contribution in [0.5, 0.6) is 0 Å². The van der Waals surface area contributed by atoms with Crippen LogP contribution < -0.4 is 0 Å². The molecule has 0 spiro atoms. The van der Waals surface area contributed by atoms with Gasteiger partial charge in [-0.15, -0.1) is 0 Å². The Labute approximate surface area is 477 Å². The van der Waals surface area contributed by atoms with Gasteiger partial charge in [0.1, 0.15) is 13.2 Å². The zero-order chi connectivity index (χ0) is 55.7. The van der Waals surface area contributed by atoms with Crippen molar-refractivity contribution in [3.05, 3.63) is 97.2 Å². The van der Waals surface area contributed by atoms with Crippen LogP contribution in [0.3, 0.4) is 0 Å². The standard InChI is InChI=1S/C71H122O6/c1-4-7-10-13-16-19-22-25-28-30-32-34-35-37-38-40-43-46-49-52-55-58-61-64-70(73)76-67-68(66-75-69(72)63-60-57-54-51-48-45-42-27-24-21-18-15-12-9-6-3)77-71(74)65-62-59-56-53-50-47-44-41-39-36-33-31-29-26-23-20-17-14-11-8-5-2/h8,11,17-18,20-21,26-27,29,33,36,41-42,44,50,53,68H,4-7,9-10,12-16,19,22-25,28,30-32,34-35,37-40,43,45-49,51-52,54-67H2,1-3H3/b11-8-,20-17-,21-18-,29-26-,36-33-,42-27-,44-41-,53-50-. The van der Waals surface area contributed by atoms with Crippen LogP contribution >= 0.6 is 0 Å². The lowest BCUT2D eigenvalue weighted by Crippen LogP contribution is -2.30. The molecular weight excluding hydrogens is 949 g/mol. The number of hydrogen-bond acceptors (Lipinski definition) is 6. The number of rotatable bonds is 59. The van der Waals surface area contributed by atoms with Gasteiger partial charge in [0, 0.05) is 19.3 Å². The predicted octanol–water partition coefficient (Wildman–Crippen LogP) is 22.4. The molecule has 0 aliphatic heterocycles. The van der Waals surface area contributed by atoms with Crippen molar-refractivity contribution < 1.29 is 28.6 Å². The summed E-state index contributed by atoms with van der Waals surface area (Å²) in [5.74, 6) is -0.944. The van der Waals surface area contributed by atoms with Crippen molar-refractivity contribution >= 4 is 17.9 Å². The van der Waals surface area contributed by atoms with Gasteiger partial charge in [-0.25, -0.2) is 0 Å². The van der Waals surface area contributed by atoms with E-state index in [0.717, 1.165) is 116 Å². The summed E-state index contributed by atoms with van der Waals surface area (Å²) in [7, 11) is 0. The number of carbonyl (C=O) groups is 3. The largest absolute Gasteiger partial charge is 0.462 e. The molecule has 0 aromatic rings. The molecule has 0 heterocycles. The van der Waals surface area contributed by atoms with Crippen molar-refractivity contribution in [3.8, 4) is 0 Å². The molecule has 6 nitrogen and oxygen atoms in total. The van der Waals surface area contributed by atoms with Gasteiger partial charge in [-0.05, 0) is 103 Å². The van der Waals surface area contributed by atoms with E-state index in [1.165, 1.54) is 154 Å². The van der Waals surface area contributed by atoms with Crippen LogP contribution in [0, 0.1) is 0 Å². The second kappa shape index (κ2) is 64.9. The first kappa shape index (κ1) is 73.3. The zero-order valence-corrected chi connectivity index (χ0v) is 50.7. The number of ether oxygens (including phenoxy) is 3. The minimum absolute atomic E-state index is 0.0978. The van der Waals surface area contributed by atoms with Crippen molar-refractivity contribution in [1.29, 1.82) is 0 Å². The van der Waals surface area contributed by atoms with Crippen molar-refractivity contribution in [2.24, 2.45) is 0 Å². The molecule has 0 bridgehead atoms. The van der Waals surface area contributed by atoms with Gasteiger partial charge in [-0.3, -0.25) is 14.4 Å². The van der Waals surface area contributed by atoms with Gasteiger partial charge in [-0.2, -0.15) is 0 Å². The van der Waals surface area contributed by atoms with Gasteiger partial charge in [0.15, 0.2) is 6.10 Å². The monoisotopic (exact) mass is 1070 g/mol. The Hall–Kier alpha value is -3.67. The number of carbonyl (C=O) groups excluding carboxylic acids is 3. The predicted molar refractivity (Wildman–Crippen MR) is 334 cm³/mol. The fourth-order valence-electron chi connectivity index (χ4n) is 9.18. The maximum Gasteiger partial charge on any atom is 0.306 e. The Kier molecular flexibility index (Phi) is 61.8. The van der Waals surface area contributed by atoms with E-state index < -0.39 is 6.10 Å². The van der Waals surface area contributed by atoms with Crippen molar-refractivity contribution in [1.82, 2.24) is 0 Å². The molecule has 0 aliphatic carbocycles. The summed E-state index contributed by atoms with van der Waals surface area (Å²) >= 11 is 0. The summed E-state index contributed by atoms with van der Waals surface area (Å²) < 4.78 is 16.9. The first-order valence-corrected chi connectivity index (χ1v) is 32.7. The van der Waals surface area contributed by atoms with E-state index in [1.807, 2.05) is 0 Å².